The van der Waals surface area contributed by atoms with Crippen LogP contribution in [0.4, 0.5) is 5.69 Å². The molecular weight excluding hydrogens is 247 g/mol. The fourth-order valence-corrected chi connectivity index (χ4v) is 1.51. The predicted octanol–water partition coefficient (Wildman–Crippen LogP) is 2.33. The molecule has 1 unspecified atom stereocenters. The van der Waals surface area contributed by atoms with Gasteiger partial charge in [-0.25, -0.2) is 0 Å². The zero-order valence-electron chi connectivity index (χ0n) is 8.55. The van der Waals surface area contributed by atoms with Gasteiger partial charge in [-0.1, -0.05) is 29.1 Å². The summed E-state index contributed by atoms with van der Waals surface area (Å²) in [7, 11) is 0. The van der Waals surface area contributed by atoms with Crippen LogP contribution in [-0.2, 0) is 0 Å². The molecule has 3 nitrogen and oxygen atoms in total. The van der Waals surface area contributed by atoms with Crippen molar-refractivity contribution in [2.75, 3.05) is 5.73 Å². The molecule has 0 spiro atoms. The maximum atomic E-state index is 11.7. The van der Waals surface area contributed by atoms with Crippen molar-refractivity contribution in [3.8, 4) is 12.3 Å². The second kappa shape index (κ2) is 5.11. The molecule has 1 amide bonds. The van der Waals surface area contributed by atoms with Crippen molar-refractivity contribution < 1.29 is 4.79 Å². The van der Waals surface area contributed by atoms with E-state index in [0.717, 1.165) is 0 Å². The third-order valence-corrected chi connectivity index (χ3v) is 2.69. The van der Waals surface area contributed by atoms with E-state index in [4.69, 9.17) is 35.4 Å². The molecule has 1 aromatic rings. The van der Waals surface area contributed by atoms with Crippen molar-refractivity contribution in [1.82, 2.24) is 5.32 Å². The molecule has 0 bridgehead atoms. The van der Waals surface area contributed by atoms with E-state index in [2.05, 4.69) is 11.2 Å². The Morgan fingerprint density at radius 3 is 2.75 bits per heavy atom. The molecule has 1 aromatic carbocycles. The van der Waals surface area contributed by atoms with Crippen molar-refractivity contribution in [2.45, 2.75) is 13.0 Å². The molecule has 0 aromatic heterocycles. The van der Waals surface area contributed by atoms with Crippen LogP contribution in [-0.4, -0.2) is 11.9 Å². The molecule has 0 heterocycles. The van der Waals surface area contributed by atoms with Gasteiger partial charge in [0.1, 0.15) is 0 Å². The molecule has 0 aliphatic heterocycles. The lowest BCUT2D eigenvalue weighted by atomic mass is 10.1. The van der Waals surface area contributed by atoms with Crippen molar-refractivity contribution in [3.63, 3.8) is 0 Å². The molecule has 5 heteroatoms. The summed E-state index contributed by atoms with van der Waals surface area (Å²) >= 11 is 11.7. The Morgan fingerprint density at radius 2 is 2.19 bits per heavy atom. The van der Waals surface area contributed by atoms with Crippen LogP contribution in [0.25, 0.3) is 0 Å². The van der Waals surface area contributed by atoms with E-state index < -0.39 is 5.91 Å². The predicted molar refractivity (Wildman–Crippen MR) is 66.6 cm³/mol. The minimum absolute atomic E-state index is 0.164. The Hall–Kier alpha value is -1.37. The summed E-state index contributed by atoms with van der Waals surface area (Å²) < 4.78 is 0. The number of halogens is 2. The monoisotopic (exact) mass is 256 g/mol. The number of benzene rings is 1. The number of rotatable bonds is 2. The van der Waals surface area contributed by atoms with Crippen LogP contribution in [0.15, 0.2) is 12.1 Å². The summed E-state index contributed by atoms with van der Waals surface area (Å²) in [5.74, 6) is 1.98. The topological polar surface area (TPSA) is 55.1 Å². The molecule has 3 N–H and O–H groups in total. The lowest BCUT2D eigenvalue weighted by molar-refractivity contribution is 0.0948. The van der Waals surface area contributed by atoms with E-state index in [1.54, 1.807) is 6.92 Å². The van der Waals surface area contributed by atoms with Crippen LogP contribution >= 0.6 is 23.2 Å². The highest BCUT2D eigenvalue weighted by Gasteiger charge is 2.15. The highest BCUT2D eigenvalue weighted by molar-refractivity contribution is 6.44. The van der Waals surface area contributed by atoms with Gasteiger partial charge in [0.2, 0.25) is 0 Å². The molecule has 0 aliphatic carbocycles. The number of amides is 1. The highest BCUT2D eigenvalue weighted by atomic mass is 35.5. The molecule has 0 aliphatic rings. The first kappa shape index (κ1) is 12.7. The maximum Gasteiger partial charge on any atom is 0.253 e. The van der Waals surface area contributed by atoms with E-state index in [1.807, 2.05) is 0 Å². The van der Waals surface area contributed by atoms with Crippen LogP contribution in [0.2, 0.25) is 10.0 Å². The van der Waals surface area contributed by atoms with Gasteiger partial charge in [0.05, 0.1) is 21.7 Å². The van der Waals surface area contributed by atoms with Crippen molar-refractivity contribution in [3.05, 3.63) is 27.7 Å². The normalized spacial score (nSPS) is 11.6. The van der Waals surface area contributed by atoms with Gasteiger partial charge in [0.25, 0.3) is 5.91 Å². The smallest absolute Gasteiger partial charge is 0.253 e. The molecule has 0 fully saturated rings. The number of nitrogen functional groups attached to an aromatic ring is 1. The largest absolute Gasteiger partial charge is 0.399 e. The Bertz CT molecular complexity index is 466. The van der Waals surface area contributed by atoms with Crippen LogP contribution < -0.4 is 11.1 Å². The van der Waals surface area contributed by atoms with E-state index >= 15 is 0 Å². The summed E-state index contributed by atoms with van der Waals surface area (Å²) in [6.07, 6.45) is 5.15. The van der Waals surface area contributed by atoms with Crippen LogP contribution in [0.1, 0.15) is 17.3 Å². The maximum absolute atomic E-state index is 11.7. The number of hydrogen-bond acceptors (Lipinski definition) is 2. The summed E-state index contributed by atoms with van der Waals surface area (Å²) in [5.41, 5.74) is 6.15. The van der Waals surface area contributed by atoms with Crippen LogP contribution in [0.5, 0.6) is 0 Å². The number of carbonyl (C=O) groups excluding carboxylic acids is 1. The van der Waals surface area contributed by atoms with Gasteiger partial charge in [-0.05, 0) is 19.1 Å². The van der Waals surface area contributed by atoms with E-state index in [9.17, 15) is 4.79 Å². The number of terminal acetylenes is 1. The summed E-state index contributed by atoms with van der Waals surface area (Å²) in [6, 6.07) is 2.54. The Morgan fingerprint density at radius 1 is 1.56 bits per heavy atom. The van der Waals surface area contributed by atoms with Gasteiger partial charge in [0, 0.05) is 5.69 Å². The van der Waals surface area contributed by atoms with E-state index in [0.29, 0.717) is 5.69 Å². The van der Waals surface area contributed by atoms with Gasteiger partial charge >= 0.3 is 0 Å². The standard InChI is InChI=1S/C11H10Cl2N2O/c1-3-6(2)15-11(16)8-4-7(14)5-9(12)10(8)13/h1,4-6H,14H2,2H3,(H,15,16). The number of anilines is 1. The second-order valence-corrected chi connectivity index (χ2v) is 4.01. The van der Waals surface area contributed by atoms with Gasteiger partial charge in [-0.2, -0.15) is 0 Å². The molecular formula is C11H10Cl2N2O. The van der Waals surface area contributed by atoms with E-state index in [1.165, 1.54) is 12.1 Å². The Balaban J connectivity index is 3.05. The van der Waals surface area contributed by atoms with Crippen LogP contribution in [0, 0.1) is 12.3 Å². The molecule has 84 valence electrons. The van der Waals surface area contributed by atoms with Crippen molar-refractivity contribution in [2.24, 2.45) is 0 Å². The first-order valence-corrected chi connectivity index (χ1v) is 5.22. The molecule has 0 radical (unpaired) electrons. The average molecular weight is 257 g/mol. The third-order valence-electron chi connectivity index (χ3n) is 1.89. The van der Waals surface area contributed by atoms with Gasteiger partial charge in [-0.3, -0.25) is 4.79 Å². The van der Waals surface area contributed by atoms with Crippen molar-refractivity contribution in [1.29, 1.82) is 0 Å². The summed E-state index contributed by atoms with van der Waals surface area (Å²) in [6.45, 7) is 1.68. The first-order chi connectivity index (χ1) is 7.45. The van der Waals surface area contributed by atoms with Gasteiger partial charge < -0.3 is 11.1 Å². The molecule has 0 saturated carbocycles. The molecule has 1 atom stereocenters. The SMILES string of the molecule is C#CC(C)NC(=O)c1cc(N)cc(Cl)c1Cl. The fourth-order valence-electron chi connectivity index (χ4n) is 1.09. The fraction of sp³-hybridized carbons (Fsp3) is 0.182. The lowest BCUT2D eigenvalue weighted by Gasteiger charge is -2.10. The minimum Gasteiger partial charge on any atom is -0.399 e. The van der Waals surface area contributed by atoms with Crippen molar-refractivity contribution >= 4 is 34.8 Å². The number of carbonyl (C=O) groups is 1. The molecule has 16 heavy (non-hydrogen) atoms. The quantitative estimate of drug-likeness (QED) is 0.631. The van der Waals surface area contributed by atoms with Gasteiger partial charge in [-0.15, -0.1) is 6.42 Å². The van der Waals surface area contributed by atoms with Crippen LogP contribution in [0.3, 0.4) is 0 Å². The Kier molecular flexibility index (Phi) is 4.05. The number of hydrogen-bond donors (Lipinski definition) is 2. The molecule has 1 rings (SSSR count). The second-order valence-electron chi connectivity index (χ2n) is 3.23. The number of nitrogens with one attached hydrogen (secondary N) is 1. The van der Waals surface area contributed by atoms with Gasteiger partial charge in [0.15, 0.2) is 0 Å². The zero-order valence-corrected chi connectivity index (χ0v) is 10.1. The third kappa shape index (κ3) is 2.82. The number of nitrogens with two attached hydrogens (primary N) is 1. The summed E-state index contributed by atoms with van der Waals surface area (Å²) in [5, 5.41) is 2.97. The lowest BCUT2D eigenvalue weighted by Crippen LogP contribution is -2.31. The summed E-state index contributed by atoms with van der Waals surface area (Å²) in [4.78, 5) is 11.7. The first-order valence-electron chi connectivity index (χ1n) is 4.47. The van der Waals surface area contributed by atoms with E-state index in [-0.39, 0.29) is 21.7 Å². The molecule has 0 saturated heterocycles. The Labute approximate surface area is 104 Å². The highest BCUT2D eigenvalue weighted by Crippen LogP contribution is 2.28. The zero-order chi connectivity index (χ0) is 12.3. The minimum atomic E-state index is -0.398. The average Bonchev–Trinajstić information content (AvgIpc) is 2.22.